The third-order valence-electron chi connectivity index (χ3n) is 2.59. The van der Waals surface area contributed by atoms with E-state index in [2.05, 4.69) is 38.7 Å². The van der Waals surface area contributed by atoms with E-state index in [1.54, 1.807) is 28.4 Å². The molecule has 0 saturated carbocycles. The maximum atomic E-state index is 5.47. The molecule has 6 nitrogen and oxygen atoms in total. The van der Waals surface area contributed by atoms with Crippen LogP contribution < -0.4 is 4.74 Å². The fraction of sp³-hybridized carbons (Fsp3) is 0.231. The molecular formula is C13H13N5OS. The lowest BCUT2D eigenvalue weighted by molar-refractivity contribution is 0.276. The molecule has 0 radical (unpaired) electrons. The van der Waals surface area contributed by atoms with Crippen molar-refractivity contribution in [2.45, 2.75) is 20.5 Å². The van der Waals surface area contributed by atoms with Gasteiger partial charge >= 0.3 is 6.01 Å². The van der Waals surface area contributed by atoms with Crippen LogP contribution in [0.5, 0.6) is 6.01 Å². The molecule has 0 amide bonds. The maximum Gasteiger partial charge on any atom is 0.316 e. The number of hydrogen-bond donors (Lipinski definition) is 0. The molecule has 0 fully saturated rings. The number of rotatable bonds is 4. The fourth-order valence-corrected chi connectivity index (χ4v) is 2.43. The first-order valence-electron chi connectivity index (χ1n) is 6.09. The Hall–Kier alpha value is -2.28. The summed E-state index contributed by atoms with van der Waals surface area (Å²) in [5, 5.41) is 11.3. The van der Waals surface area contributed by atoms with E-state index in [0.717, 1.165) is 16.3 Å². The molecule has 0 aliphatic carbocycles. The van der Waals surface area contributed by atoms with Crippen LogP contribution in [0.4, 0.5) is 0 Å². The van der Waals surface area contributed by atoms with Crippen LogP contribution in [0, 0.1) is 13.8 Å². The summed E-state index contributed by atoms with van der Waals surface area (Å²) in [5.74, 6) is 0. The number of nitrogens with zero attached hydrogens (tertiary/aromatic N) is 5. The van der Waals surface area contributed by atoms with Gasteiger partial charge in [-0.15, -0.1) is 16.4 Å². The zero-order chi connectivity index (χ0) is 13.9. The summed E-state index contributed by atoms with van der Waals surface area (Å²) >= 11 is 1.63. The number of ether oxygens (including phenoxy) is 1. The molecule has 3 aromatic rings. The summed E-state index contributed by atoms with van der Waals surface area (Å²) in [7, 11) is 0. The first-order chi connectivity index (χ1) is 9.70. The van der Waals surface area contributed by atoms with Crippen molar-refractivity contribution in [2.24, 2.45) is 0 Å². The molecule has 3 rings (SSSR count). The summed E-state index contributed by atoms with van der Waals surface area (Å²) < 4.78 is 7.21. The Morgan fingerprint density at radius 1 is 1.20 bits per heavy atom. The average molecular weight is 287 g/mol. The van der Waals surface area contributed by atoms with E-state index in [-0.39, 0.29) is 0 Å². The third kappa shape index (κ3) is 2.83. The SMILES string of the molecule is Cc1cnc(OCc2cn(-c3cc(C)cs3)nn2)nc1. The Morgan fingerprint density at radius 2 is 2.00 bits per heavy atom. The Bertz CT molecular complexity index is 704. The molecule has 0 bridgehead atoms. The van der Waals surface area contributed by atoms with E-state index < -0.39 is 0 Å². The van der Waals surface area contributed by atoms with Crippen molar-refractivity contribution < 1.29 is 4.74 Å². The van der Waals surface area contributed by atoms with Gasteiger partial charge in [0, 0.05) is 12.4 Å². The molecule has 0 saturated heterocycles. The second-order valence-corrected chi connectivity index (χ2v) is 5.34. The van der Waals surface area contributed by atoms with Crippen LogP contribution in [0.1, 0.15) is 16.8 Å². The predicted octanol–water partition coefficient (Wildman–Crippen LogP) is 2.31. The molecule has 3 heterocycles. The normalized spacial score (nSPS) is 10.7. The largest absolute Gasteiger partial charge is 0.457 e. The van der Waals surface area contributed by atoms with Crippen molar-refractivity contribution in [3.63, 3.8) is 0 Å². The van der Waals surface area contributed by atoms with E-state index >= 15 is 0 Å². The number of aryl methyl sites for hydroxylation is 2. The van der Waals surface area contributed by atoms with Crippen molar-refractivity contribution in [1.82, 2.24) is 25.0 Å². The Labute approximate surface area is 120 Å². The van der Waals surface area contributed by atoms with E-state index in [1.165, 1.54) is 5.56 Å². The zero-order valence-corrected chi connectivity index (χ0v) is 12.0. The zero-order valence-electron chi connectivity index (χ0n) is 11.1. The highest BCUT2D eigenvalue weighted by Crippen LogP contribution is 2.17. The summed E-state index contributed by atoms with van der Waals surface area (Å²) in [6.45, 7) is 4.28. The van der Waals surface area contributed by atoms with Crippen LogP contribution in [-0.4, -0.2) is 25.0 Å². The molecule has 102 valence electrons. The number of thiophene rings is 1. The van der Waals surface area contributed by atoms with Gasteiger partial charge in [0.25, 0.3) is 0 Å². The van der Waals surface area contributed by atoms with Crippen LogP contribution in [-0.2, 0) is 6.61 Å². The molecule has 7 heteroatoms. The van der Waals surface area contributed by atoms with E-state index in [9.17, 15) is 0 Å². The number of aromatic nitrogens is 5. The van der Waals surface area contributed by atoms with Crippen LogP contribution >= 0.6 is 11.3 Å². The van der Waals surface area contributed by atoms with Gasteiger partial charge in [-0.1, -0.05) is 5.21 Å². The topological polar surface area (TPSA) is 65.7 Å². The highest BCUT2D eigenvalue weighted by Gasteiger charge is 2.06. The van der Waals surface area contributed by atoms with Crippen molar-refractivity contribution in [3.05, 3.63) is 46.9 Å². The average Bonchev–Trinajstić information content (AvgIpc) is 3.07. The quantitative estimate of drug-likeness (QED) is 0.736. The molecule has 0 aliphatic rings. The second-order valence-electron chi connectivity index (χ2n) is 4.45. The summed E-state index contributed by atoms with van der Waals surface area (Å²) in [6, 6.07) is 2.41. The minimum absolute atomic E-state index is 0.299. The monoisotopic (exact) mass is 287 g/mol. The molecule has 20 heavy (non-hydrogen) atoms. The summed E-state index contributed by atoms with van der Waals surface area (Å²) in [5.41, 5.74) is 2.95. The lowest BCUT2D eigenvalue weighted by atomic mass is 10.4. The van der Waals surface area contributed by atoms with Gasteiger partial charge in [-0.05, 0) is 36.4 Å². The molecule has 0 aliphatic heterocycles. The summed E-state index contributed by atoms with van der Waals surface area (Å²) in [4.78, 5) is 8.15. The maximum absolute atomic E-state index is 5.47. The molecule has 3 aromatic heterocycles. The molecule has 0 unspecified atom stereocenters. The van der Waals surface area contributed by atoms with Gasteiger partial charge in [-0.2, -0.15) is 0 Å². The van der Waals surface area contributed by atoms with Gasteiger partial charge in [-0.25, -0.2) is 14.6 Å². The van der Waals surface area contributed by atoms with E-state index in [1.807, 2.05) is 13.1 Å². The van der Waals surface area contributed by atoms with Crippen molar-refractivity contribution in [3.8, 4) is 11.0 Å². The van der Waals surface area contributed by atoms with Gasteiger partial charge in [-0.3, -0.25) is 0 Å². The van der Waals surface area contributed by atoms with Crippen molar-refractivity contribution in [2.75, 3.05) is 0 Å². The molecule has 0 spiro atoms. The molecule has 0 atom stereocenters. The first-order valence-corrected chi connectivity index (χ1v) is 6.97. The first kappa shape index (κ1) is 12.7. The lowest BCUT2D eigenvalue weighted by Gasteiger charge is -2.00. The van der Waals surface area contributed by atoms with Crippen molar-refractivity contribution >= 4 is 11.3 Å². The van der Waals surface area contributed by atoms with Crippen LogP contribution in [0.3, 0.4) is 0 Å². The molecular weight excluding hydrogens is 274 g/mol. The lowest BCUT2D eigenvalue weighted by Crippen LogP contribution is -1.99. The van der Waals surface area contributed by atoms with E-state index in [0.29, 0.717) is 12.6 Å². The minimum atomic E-state index is 0.299. The highest BCUT2D eigenvalue weighted by molar-refractivity contribution is 7.12. The van der Waals surface area contributed by atoms with E-state index in [4.69, 9.17) is 4.74 Å². The second kappa shape index (κ2) is 5.38. The summed E-state index contributed by atoms with van der Waals surface area (Å²) in [6.07, 6.45) is 5.28. The highest BCUT2D eigenvalue weighted by atomic mass is 32.1. The van der Waals surface area contributed by atoms with Gasteiger partial charge < -0.3 is 4.74 Å². The molecule has 0 aromatic carbocycles. The van der Waals surface area contributed by atoms with Gasteiger partial charge in [0.2, 0.25) is 0 Å². The third-order valence-corrected chi connectivity index (χ3v) is 3.63. The smallest absolute Gasteiger partial charge is 0.316 e. The van der Waals surface area contributed by atoms with Crippen molar-refractivity contribution in [1.29, 1.82) is 0 Å². The predicted molar refractivity (Wildman–Crippen MR) is 75.1 cm³/mol. The van der Waals surface area contributed by atoms with Gasteiger partial charge in [0.15, 0.2) is 0 Å². The van der Waals surface area contributed by atoms with Crippen LogP contribution in [0.15, 0.2) is 30.0 Å². The van der Waals surface area contributed by atoms with Crippen LogP contribution in [0.25, 0.3) is 5.00 Å². The molecule has 0 N–H and O–H groups in total. The standard InChI is InChI=1S/C13H13N5OS/c1-9-3-12(20-8-9)18-6-11(16-17-18)7-19-13-14-4-10(2)5-15-13/h3-6,8H,7H2,1-2H3. The van der Waals surface area contributed by atoms with Gasteiger partial charge in [0.05, 0.1) is 6.20 Å². The minimum Gasteiger partial charge on any atom is -0.457 e. The fourth-order valence-electron chi connectivity index (χ4n) is 1.60. The van der Waals surface area contributed by atoms with Gasteiger partial charge in [0.1, 0.15) is 17.3 Å². The Morgan fingerprint density at radius 3 is 2.70 bits per heavy atom. The Balaban J connectivity index is 1.67. The van der Waals surface area contributed by atoms with Crippen LogP contribution in [0.2, 0.25) is 0 Å². The Kier molecular flexibility index (Phi) is 3.42. The number of hydrogen-bond acceptors (Lipinski definition) is 6.